The maximum absolute atomic E-state index is 5.75. The van der Waals surface area contributed by atoms with Crippen LogP contribution in [0.1, 0.15) is 18.4 Å². The van der Waals surface area contributed by atoms with Crippen molar-refractivity contribution in [3.05, 3.63) is 35.9 Å². The topological polar surface area (TPSA) is 52.4 Å². The highest BCUT2D eigenvalue weighted by molar-refractivity contribution is 7.99. The molecule has 0 aliphatic carbocycles. The Morgan fingerprint density at radius 1 is 1.08 bits per heavy atom. The molecule has 3 heterocycles. The van der Waals surface area contributed by atoms with Crippen molar-refractivity contribution in [2.75, 3.05) is 43.6 Å². The van der Waals surface area contributed by atoms with Crippen LogP contribution in [0.2, 0.25) is 0 Å². The zero-order valence-corrected chi connectivity index (χ0v) is 15.2. The molecular formula is C18H24N4O2S. The standard InChI is InChI=1S/C18H24N4O2S/c1-2-5-15(6-3-1)13-22-17(21-8-11-23-12-9-21)19-20-18(22)25-14-16-7-4-10-24-16/h1-3,5-6,16H,4,7-14H2. The second-order valence-electron chi connectivity index (χ2n) is 6.40. The number of hydrogen-bond acceptors (Lipinski definition) is 6. The fraction of sp³-hybridized carbons (Fsp3) is 0.556. The van der Waals surface area contributed by atoms with Gasteiger partial charge in [-0.1, -0.05) is 42.1 Å². The summed E-state index contributed by atoms with van der Waals surface area (Å²) in [4.78, 5) is 2.27. The van der Waals surface area contributed by atoms with Gasteiger partial charge in [-0.15, -0.1) is 10.2 Å². The Hall–Kier alpha value is -1.57. The first-order chi connectivity index (χ1) is 12.4. The van der Waals surface area contributed by atoms with E-state index >= 15 is 0 Å². The summed E-state index contributed by atoms with van der Waals surface area (Å²) < 4.78 is 13.5. The first-order valence-electron chi connectivity index (χ1n) is 8.94. The van der Waals surface area contributed by atoms with Crippen molar-refractivity contribution < 1.29 is 9.47 Å². The van der Waals surface area contributed by atoms with Gasteiger partial charge in [0.1, 0.15) is 0 Å². The van der Waals surface area contributed by atoms with Crippen molar-refractivity contribution in [3.63, 3.8) is 0 Å². The minimum Gasteiger partial charge on any atom is -0.378 e. The number of anilines is 1. The van der Waals surface area contributed by atoms with Crippen LogP contribution >= 0.6 is 11.8 Å². The van der Waals surface area contributed by atoms with E-state index in [1.165, 1.54) is 12.0 Å². The van der Waals surface area contributed by atoms with Gasteiger partial charge in [0.2, 0.25) is 5.95 Å². The second-order valence-corrected chi connectivity index (χ2v) is 7.39. The van der Waals surface area contributed by atoms with Gasteiger partial charge >= 0.3 is 0 Å². The van der Waals surface area contributed by atoms with Crippen LogP contribution in [0, 0.1) is 0 Å². The lowest BCUT2D eigenvalue weighted by Crippen LogP contribution is -2.38. The highest BCUT2D eigenvalue weighted by atomic mass is 32.2. The van der Waals surface area contributed by atoms with E-state index in [2.05, 4.69) is 43.9 Å². The lowest BCUT2D eigenvalue weighted by molar-refractivity contribution is 0.121. The van der Waals surface area contributed by atoms with Crippen molar-refractivity contribution in [2.45, 2.75) is 30.6 Å². The first-order valence-corrected chi connectivity index (χ1v) is 9.93. The first kappa shape index (κ1) is 16.9. The number of aromatic nitrogens is 3. The molecular weight excluding hydrogens is 336 g/mol. The lowest BCUT2D eigenvalue weighted by atomic mass is 10.2. The van der Waals surface area contributed by atoms with Gasteiger partial charge in [-0.2, -0.15) is 0 Å². The zero-order chi connectivity index (χ0) is 16.9. The third-order valence-corrected chi connectivity index (χ3v) is 5.70. The molecule has 1 atom stereocenters. The summed E-state index contributed by atoms with van der Waals surface area (Å²) in [6.45, 7) is 4.90. The average molecular weight is 360 g/mol. The van der Waals surface area contributed by atoms with Crippen molar-refractivity contribution in [1.82, 2.24) is 14.8 Å². The summed E-state index contributed by atoms with van der Waals surface area (Å²) in [5.41, 5.74) is 1.26. The SMILES string of the molecule is c1ccc(Cn2c(SCC3CCCO3)nnc2N2CCOCC2)cc1. The maximum Gasteiger partial charge on any atom is 0.228 e. The summed E-state index contributed by atoms with van der Waals surface area (Å²) in [6, 6.07) is 10.5. The van der Waals surface area contributed by atoms with E-state index in [9.17, 15) is 0 Å². The Morgan fingerprint density at radius 3 is 2.68 bits per heavy atom. The predicted octanol–water partition coefficient (Wildman–Crippen LogP) is 2.43. The summed E-state index contributed by atoms with van der Waals surface area (Å²) in [5, 5.41) is 9.96. The number of rotatable bonds is 6. The fourth-order valence-corrected chi connectivity index (χ4v) is 4.23. The fourth-order valence-electron chi connectivity index (χ4n) is 3.23. The number of hydrogen-bond donors (Lipinski definition) is 0. The molecule has 0 amide bonds. The molecule has 1 unspecified atom stereocenters. The minimum atomic E-state index is 0.346. The van der Waals surface area contributed by atoms with Crippen molar-refractivity contribution in [3.8, 4) is 0 Å². The van der Waals surface area contributed by atoms with Gasteiger partial charge in [0.15, 0.2) is 5.16 Å². The Morgan fingerprint density at radius 2 is 1.92 bits per heavy atom. The molecule has 0 saturated carbocycles. The number of nitrogens with zero attached hydrogens (tertiary/aromatic N) is 4. The molecule has 0 spiro atoms. The van der Waals surface area contributed by atoms with Crippen molar-refractivity contribution in [2.24, 2.45) is 0 Å². The Balaban J connectivity index is 1.55. The average Bonchev–Trinajstić information content (AvgIpc) is 3.32. The number of ether oxygens (including phenoxy) is 2. The van der Waals surface area contributed by atoms with Crippen LogP contribution in [0.25, 0.3) is 0 Å². The minimum absolute atomic E-state index is 0.346. The molecule has 2 aliphatic heterocycles. The van der Waals surface area contributed by atoms with Gasteiger partial charge in [-0.25, -0.2) is 0 Å². The van der Waals surface area contributed by atoms with Gasteiger partial charge in [-0.3, -0.25) is 4.57 Å². The van der Waals surface area contributed by atoms with Gasteiger partial charge in [0.05, 0.1) is 25.9 Å². The summed E-state index contributed by atoms with van der Waals surface area (Å²) in [6.07, 6.45) is 2.66. The highest BCUT2D eigenvalue weighted by Crippen LogP contribution is 2.27. The van der Waals surface area contributed by atoms with Crippen molar-refractivity contribution in [1.29, 1.82) is 0 Å². The van der Waals surface area contributed by atoms with Crippen LogP contribution in [0.5, 0.6) is 0 Å². The largest absolute Gasteiger partial charge is 0.378 e. The van der Waals surface area contributed by atoms with Crippen LogP contribution in [0.15, 0.2) is 35.5 Å². The molecule has 25 heavy (non-hydrogen) atoms. The Labute approximate surface area is 152 Å². The molecule has 2 aliphatic rings. The Kier molecular flexibility index (Phi) is 5.54. The van der Waals surface area contributed by atoms with E-state index in [1.807, 2.05) is 6.07 Å². The molecule has 4 rings (SSSR count). The maximum atomic E-state index is 5.75. The van der Waals surface area contributed by atoms with E-state index in [4.69, 9.17) is 9.47 Å². The molecule has 6 nitrogen and oxygen atoms in total. The van der Waals surface area contributed by atoms with Gasteiger partial charge in [0.25, 0.3) is 0 Å². The molecule has 2 aromatic rings. The molecule has 7 heteroatoms. The van der Waals surface area contributed by atoms with Gasteiger partial charge in [0, 0.05) is 25.4 Å². The van der Waals surface area contributed by atoms with E-state index in [0.717, 1.165) is 62.7 Å². The van der Waals surface area contributed by atoms with Gasteiger partial charge < -0.3 is 14.4 Å². The molecule has 0 bridgehead atoms. The molecule has 2 fully saturated rings. The van der Waals surface area contributed by atoms with Crippen molar-refractivity contribution >= 4 is 17.7 Å². The summed E-state index contributed by atoms with van der Waals surface area (Å²) >= 11 is 1.75. The monoisotopic (exact) mass is 360 g/mol. The van der Waals surface area contributed by atoms with E-state index < -0.39 is 0 Å². The summed E-state index contributed by atoms with van der Waals surface area (Å²) in [5.74, 6) is 1.89. The third kappa shape index (κ3) is 4.16. The smallest absolute Gasteiger partial charge is 0.228 e. The molecule has 1 aromatic carbocycles. The third-order valence-electron chi connectivity index (χ3n) is 4.60. The zero-order valence-electron chi connectivity index (χ0n) is 14.3. The molecule has 1 aromatic heterocycles. The van der Waals surface area contributed by atoms with Crippen LogP contribution in [0.4, 0.5) is 5.95 Å². The van der Waals surface area contributed by atoms with Crippen LogP contribution in [-0.2, 0) is 16.0 Å². The number of benzene rings is 1. The van der Waals surface area contributed by atoms with Crippen LogP contribution in [0.3, 0.4) is 0 Å². The molecule has 0 N–H and O–H groups in total. The number of thioether (sulfide) groups is 1. The highest BCUT2D eigenvalue weighted by Gasteiger charge is 2.22. The van der Waals surface area contributed by atoms with E-state index in [-0.39, 0.29) is 0 Å². The normalized spacial score (nSPS) is 21.0. The molecule has 0 radical (unpaired) electrons. The second kappa shape index (κ2) is 8.21. The molecule has 2 saturated heterocycles. The predicted molar refractivity (Wildman–Crippen MR) is 98.3 cm³/mol. The van der Waals surface area contributed by atoms with E-state index in [1.54, 1.807) is 11.8 Å². The molecule has 134 valence electrons. The summed E-state index contributed by atoms with van der Waals surface area (Å²) in [7, 11) is 0. The number of morpholine rings is 1. The van der Waals surface area contributed by atoms with Crippen LogP contribution in [-0.4, -0.2) is 59.5 Å². The Bertz CT molecular complexity index is 667. The van der Waals surface area contributed by atoms with Gasteiger partial charge in [-0.05, 0) is 18.4 Å². The quantitative estimate of drug-likeness (QED) is 0.738. The van der Waals surface area contributed by atoms with Crippen LogP contribution < -0.4 is 4.90 Å². The van der Waals surface area contributed by atoms with E-state index in [0.29, 0.717) is 6.10 Å². The lowest BCUT2D eigenvalue weighted by Gasteiger charge is -2.28.